The predicted octanol–water partition coefficient (Wildman–Crippen LogP) is 7.49. The molecule has 6 nitrogen and oxygen atoms in total. The number of pyridine rings is 1. The molecule has 1 aromatic rings. The van der Waals surface area contributed by atoms with Crippen molar-refractivity contribution in [2.45, 2.75) is 96.8 Å². The van der Waals surface area contributed by atoms with Gasteiger partial charge in [-0.15, -0.1) is 0 Å². The summed E-state index contributed by atoms with van der Waals surface area (Å²) in [7, 11) is -2.18. The fourth-order valence-electron chi connectivity index (χ4n) is 3.52. The van der Waals surface area contributed by atoms with Crippen molar-refractivity contribution in [1.29, 1.82) is 0 Å². The second-order valence-electron chi connectivity index (χ2n) is 12.2. The summed E-state index contributed by atoms with van der Waals surface area (Å²) in [6.45, 7) is 16.6. The van der Waals surface area contributed by atoms with Crippen LogP contribution in [-0.2, 0) is 9.16 Å². The number of hydrogen-bond acceptors (Lipinski definition) is 5. The van der Waals surface area contributed by atoms with Gasteiger partial charge in [-0.1, -0.05) is 44.2 Å². The highest BCUT2D eigenvalue weighted by molar-refractivity contribution is 6.74. The quantitative estimate of drug-likeness (QED) is 0.216. The molecule has 0 bridgehead atoms. The van der Waals surface area contributed by atoms with Gasteiger partial charge in [0.1, 0.15) is 16.8 Å². The van der Waals surface area contributed by atoms with Crippen LogP contribution < -0.4 is 5.32 Å². The third-order valence-electron chi connectivity index (χ3n) is 6.83. The first-order chi connectivity index (χ1) is 17.3. The minimum Gasteiger partial charge on any atom is -0.444 e. The van der Waals surface area contributed by atoms with E-state index in [1.807, 2.05) is 54.6 Å². The zero-order chi connectivity index (χ0) is 28.9. The van der Waals surface area contributed by atoms with E-state index in [0.29, 0.717) is 31.5 Å². The smallest absolute Gasteiger partial charge is 0.410 e. The lowest BCUT2D eigenvalue weighted by molar-refractivity contribution is -0.145. The number of carbonyl (C=O) groups is 1. The van der Waals surface area contributed by atoms with Gasteiger partial charge in [0.15, 0.2) is 8.32 Å². The Labute approximate surface area is 231 Å². The number of amides is 1. The number of aromatic nitrogens is 1. The molecule has 0 spiro atoms. The molecule has 2 rings (SSSR count). The van der Waals surface area contributed by atoms with Crippen molar-refractivity contribution < 1.29 is 27.1 Å². The van der Waals surface area contributed by atoms with Crippen LogP contribution in [0.5, 0.6) is 0 Å². The van der Waals surface area contributed by atoms with Gasteiger partial charge in [-0.25, -0.2) is 9.78 Å². The van der Waals surface area contributed by atoms with Gasteiger partial charge in [0.2, 0.25) is 0 Å². The van der Waals surface area contributed by atoms with Crippen LogP contribution in [0.1, 0.15) is 66.4 Å². The van der Waals surface area contributed by atoms with Gasteiger partial charge < -0.3 is 19.4 Å². The van der Waals surface area contributed by atoms with E-state index in [2.05, 4.69) is 22.1 Å². The van der Waals surface area contributed by atoms with Gasteiger partial charge in [0, 0.05) is 31.8 Å². The Morgan fingerprint density at radius 3 is 2.34 bits per heavy atom. The lowest BCUT2D eigenvalue weighted by Crippen LogP contribution is -2.43. The van der Waals surface area contributed by atoms with Gasteiger partial charge in [0.25, 0.3) is 0 Å². The average Bonchev–Trinajstić information content (AvgIpc) is 2.75. The number of rotatable bonds is 6. The highest BCUT2D eigenvalue weighted by atomic mass is 35.5. The maximum absolute atomic E-state index is 13.9. The lowest BCUT2D eigenvalue weighted by atomic mass is 9.97. The highest BCUT2D eigenvalue weighted by Crippen LogP contribution is 2.37. The van der Waals surface area contributed by atoms with Crippen LogP contribution in [0, 0.1) is 17.8 Å². The summed E-state index contributed by atoms with van der Waals surface area (Å²) in [4.78, 5) is 17.9. The molecule has 38 heavy (non-hydrogen) atoms. The van der Waals surface area contributed by atoms with Crippen molar-refractivity contribution >= 4 is 31.7 Å². The van der Waals surface area contributed by atoms with Crippen LogP contribution in [0.15, 0.2) is 12.3 Å². The molecular formula is C27H41ClF3N3O3Si. The Morgan fingerprint density at radius 1 is 1.21 bits per heavy atom. The summed E-state index contributed by atoms with van der Waals surface area (Å²) in [5, 5.41) is 2.57. The summed E-state index contributed by atoms with van der Waals surface area (Å²) < 4.78 is 53.2. The number of ether oxygens (including phenoxy) is 1. The number of likely N-dealkylation sites (tertiary alicyclic amines) is 1. The first kappa shape index (κ1) is 32.2. The fourth-order valence-corrected chi connectivity index (χ4v) is 4.73. The summed E-state index contributed by atoms with van der Waals surface area (Å²) >= 11 is 6.02. The van der Waals surface area contributed by atoms with E-state index >= 15 is 0 Å². The second-order valence-corrected chi connectivity index (χ2v) is 17.4. The molecule has 1 atom stereocenters. The topological polar surface area (TPSA) is 63.7 Å². The van der Waals surface area contributed by atoms with Gasteiger partial charge in [-0.3, -0.25) is 0 Å². The Morgan fingerprint density at radius 2 is 1.82 bits per heavy atom. The van der Waals surface area contributed by atoms with E-state index in [4.69, 9.17) is 20.8 Å². The third kappa shape index (κ3) is 9.97. The minimum absolute atomic E-state index is 0.00591. The molecule has 214 valence electrons. The Balaban J connectivity index is 2.10. The van der Waals surface area contributed by atoms with Crippen LogP contribution in [0.3, 0.4) is 0 Å². The summed E-state index contributed by atoms with van der Waals surface area (Å²) in [5.41, 5.74) is -0.0500. The first-order valence-corrected chi connectivity index (χ1v) is 16.2. The van der Waals surface area contributed by atoms with Crippen LogP contribution in [-0.4, -0.2) is 61.8 Å². The summed E-state index contributed by atoms with van der Waals surface area (Å²) in [6, 6.07) is -0.465. The van der Waals surface area contributed by atoms with Crippen molar-refractivity contribution in [3.8, 4) is 11.8 Å². The number of nitrogens with zero attached hydrogens (tertiary/aromatic N) is 2. The molecule has 1 aromatic heterocycles. The molecule has 2 heterocycles. The molecule has 1 N–H and O–H groups in total. The zero-order valence-electron chi connectivity index (χ0n) is 23.7. The zero-order valence-corrected chi connectivity index (χ0v) is 25.4. The highest BCUT2D eigenvalue weighted by Gasteiger charge is 2.41. The normalized spacial score (nSPS) is 16.5. The first-order valence-electron chi connectivity index (χ1n) is 12.9. The molecule has 11 heteroatoms. The van der Waals surface area contributed by atoms with E-state index in [0.717, 1.165) is 0 Å². The number of halogens is 4. The maximum Gasteiger partial charge on any atom is 0.410 e. The lowest BCUT2D eigenvalue weighted by Gasteiger charge is -2.36. The van der Waals surface area contributed by atoms with Gasteiger partial charge in [-0.2, -0.15) is 13.2 Å². The van der Waals surface area contributed by atoms with Crippen molar-refractivity contribution in [2.24, 2.45) is 5.92 Å². The largest absolute Gasteiger partial charge is 0.444 e. The number of piperidine rings is 1. The van der Waals surface area contributed by atoms with Gasteiger partial charge in [-0.05, 0) is 64.2 Å². The standard InChI is InChI=1S/C27H41ClF3N3O3Si/c1-25(2,3)37-24(35)34-14-11-19(12-15-34)9-10-20-18-32-23(28)17-21(20)33-22(27(29,30)31)13-16-36-38(7,8)26(4,5)6/h17-19,22H,11-16H2,1-8H3,(H,32,33). The molecule has 1 aliphatic heterocycles. The minimum atomic E-state index is -4.49. The van der Waals surface area contributed by atoms with Crippen LogP contribution in [0.2, 0.25) is 23.3 Å². The van der Waals surface area contributed by atoms with Gasteiger partial charge >= 0.3 is 12.3 Å². The van der Waals surface area contributed by atoms with E-state index in [1.54, 1.807) is 4.90 Å². The van der Waals surface area contributed by atoms with E-state index in [-0.39, 0.29) is 40.9 Å². The van der Waals surface area contributed by atoms with Crippen LogP contribution in [0.4, 0.5) is 23.7 Å². The van der Waals surface area contributed by atoms with Crippen LogP contribution in [0.25, 0.3) is 0 Å². The number of alkyl halides is 3. The molecule has 1 unspecified atom stereocenters. The molecule has 1 aliphatic rings. The molecule has 0 aliphatic carbocycles. The molecule has 0 aromatic carbocycles. The van der Waals surface area contributed by atoms with Crippen LogP contribution >= 0.6 is 11.6 Å². The second kappa shape index (κ2) is 12.5. The summed E-state index contributed by atoms with van der Waals surface area (Å²) in [5.74, 6) is 6.13. The molecule has 1 saturated heterocycles. The van der Waals surface area contributed by atoms with Gasteiger partial charge in [0.05, 0.1) is 11.3 Å². The van der Waals surface area contributed by atoms with Crippen molar-refractivity contribution in [1.82, 2.24) is 9.88 Å². The van der Waals surface area contributed by atoms with Crippen molar-refractivity contribution in [3.63, 3.8) is 0 Å². The number of carbonyl (C=O) groups excluding carboxylic acids is 1. The number of anilines is 1. The Hall–Kier alpha value is -1.96. The Kier molecular flexibility index (Phi) is 10.6. The monoisotopic (exact) mass is 575 g/mol. The molecular weight excluding hydrogens is 535 g/mol. The molecule has 1 fully saturated rings. The average molecular weight is 576 g/mol. The van der Waals surface area contributed by atoms with E-state index in [1.165, 1.54) is 12.3 Å². The third-order valence-corrected chi connectivity index (χ3v) is 11.6. The van der Waals surface area contributed by atoms with Crippen molar-refractivity contribution in [2.75, 3.05) is 25.0 Å². The number of nitrogens with one attached hydrogen (secondary N) is 1. The molecule has 1 amide bonds. The summed E-state index contributed by atoms with van der Waals surface area (Å²) in [6.07, 6.45) is -2.42. The number of hydrogen-bond donors (Lipinski definition) is 1. The molecule has 0 radical (unpaired) electrons. The predicted molar refractivity (Wildman–Crippen MR) is 148 cm³/mol. The fraction of sp³-hybridized carbons (Fsp3) is 0.704. The Bertz CT molecular complexity index is 1020. The maximum atomic E-state index is 13.9. The van der Waals surface area contributed by atoms with E-state index in [9.17, 15) is 18.0 Å². The van der Waals surface area contributed by atoms with E-state index < -0.39 is 26.1 Å². The SMILES string of the molecule is CC(C)(C)OC(=O)N1CCC(C#Cc2cnc(Cl)cc2NC(CCO[Si](C)(C)C(C)(C)C)C(F)(F)F)CC1. The van der Waals surface area contributed by atoms with Crippen molar-refractivity contribution in [3.05, 3.63) is 23.0 Å². The molecule has 0 saturated carbocycles.